The highest BCUT2D eigenvalue weighted by molar-refractivity contribution is 6.13. The first-order valence-electron chi connectivity index (χ1n) is 13.6. The van der Waals surface area contributed by atoms with E-state index < -0.39 is 17.0 Å². The van der Waals surface area contributed by atoms with Gasteiger partial charge in [-0.1, -0.05) is 12.1 Å². The number of carbonyl (C=O) groups is 2. The van der Waals surface area contributed by atoms with Crippen molar-refractivity contribution >= 4 is 40.8 Å². The third-order valence-electron chi connectivity index (χ3n) is 7.28. The van der Waals surface area contributed by atoms with E-state index in [1.54, 1.807) is 61.7 Å². The summed E-state index contributed by atoms with van der Waals surface area (Å²) < 4.78 is 23.4. The van der Waals surface area contributed by atoms with E-state index in [-0.39, 0.29) is 28.6 Å². The number of aromatic hydroxyl groups is 1. The van der Waals surface area contributed by atoms with Crippen LogP contribution < -0.4 is 14.2 Å². The standard InChI is InChI=1S/C35H30O7/c1-34(2)16-14-24-31(38)29(33-25(32(24)41-34)15-17-35(3,4)42-33)26(36)12-6-20-7-13-27-22(18-20)19-28(40-27)30(37)21-8-10-23(39-5)11-9-21/h6-19,38H,1-5H3/b12-6+. The Bertz CT molecular complexity index is 1850. The van der Waals surface area contributed by atoms with Gasteiger partial charge in [0.1, 0.15) is 45.3 Å². The molecule has 0 unspecified atom stereocenters. The molecule has 0 atom stereocenters. The molecule has 7 nitrogen and oxygen atoms in total. The van der Waals surface area contributed by atoms with Crippen LogP contribution in [0.15, 0.2) is 71.2 Å². The molecular formula is C35H30O7. The molecule has 1 aromatic heterocycles. The molecule has 0 aliphatic carbocycles. The van der Waals surface area contributed by atoms with E-state index in [1.165, 1.54) is 6.08 Å². The van der Waals surface area contributed by atoms with Gasteiger partial charge in [0.25, 0.3) is 0 Å². The minimum Gasteiger partial charge on any atom is -0.506 e. The predicted molar refractivity (Wildman–Crippen MR) is 162 cm³/mol. The summed E-state index contributed by atoms with van der Waals surface area (Å²) in [5, 5.41) is 12.0. The Morgan fingerprint density at radius 2 is 1.52 bits per heavy atom. The summed E-state index contributed by atoms with van der Waals surface area (Å²) in [4.78, 5) is 26.6. The van der Waals surface area contributed by atoms with Crippen molar-refractivity contribution in [1.29, 1.82) is 0 Å². The van der Waals surface area contributed by atoms with E-state index in [2.05, 4.69) is 0 Å². The second-order valence-electron chi connectivity index (χ2n) is 11.5. The van der Waals surface area contributed by atoms with Crippen LogP contribution in [0.1, 0.15) is 70.9 Å². The molecular weight excluding hydrogens is 532 g/mol. The SMILES string of the molecule is COc1ccc(C(=O)c2cc3cc(/C=C/C(=O)c4c(O)c5c(c6c4OC(C)(C)C=C6)OC(C)(C)C=C5)ccc3o2)cc1. The van der Waals surface area contributed by atoms with Gasteiger partial charge < -0.3 is 23.7 Å². The number of phenols is 1. The second kappa shape index (κ2) is 9.80. The van der Waals surface area contributed by atoms with Crippen molar-refractivity contribution in [2.45, 2.75) is 38.9 Å². The van der Waals surface area contributed by atoms with E-state index in [4.69, 9.17) is 18.6 Å². The van der Waals surface area contributed by atoms with Crippen LogP contribution in [0.25, 0.3) is 29.2 Å². The number of carbonyl (C=O) groups excluding carboxylic acids is 2. The smallest absolute Gasteiger partial charge is 0.228 e. The summed E-state index contributed by atoms with van der Waals surface area (Å²) in [6.45, 7) is 7.60. The Hall–Kier alpha value is -5.04. The molecule has 42 heavy (non-hydrogen) atoms. The minimum absolute atomic E-state index is 0.0714. The largest absolute Gasteiger partial charge is 0.506 e. The lowest BCUT2D eigenvalue weighted by Crippen LogP contribution is -2.31. The topological polar surface area (TPSA) is 95.2 Å². The van der Waals surface area contributed by atoms with Crippen molar-refractivity contribution in [2.75, 3.05) is 7.11 Å². The van der Waals surface area contributed by atoms with Crippen molar-refractivity contribution in [3.05, 3.63) is 100 Å². The molecule has 2 aliphatic rings. The number of methoxy groups -OCH3 is 1. The summed E-state index contributed by atoms with van der Waals surface area (Å²) in [6, 6.07) is 13.9. The Kier molecular flexibility index (Phi) is 6.34. The summed E-state index contributed by atoms with van der Waals surface area (Å²) in [7, 11) is 1.57. The van der Waals surface area contributed by atoms with Gasteiger partial charge in [-0.25, -0.2) is 0 Å². The molecule has 0 saturated heterocycles. The second-order valence-corrected chi connectivity index (χ2v) is 11.5. The molecule has 0 bridgehead atoms. The zero-order chi connectivity index (χ0) is 29.8. The van der Waals surface area contributed by atoms with Crippen LogP contribution in [0, 0.1) is 0 Å². The number of rotatable bonds is 6. The summed E-state index contributed by atoms with van der Waals surface area (Å²) in [6.07, 6.45) is 10.5. The number of allylic oxidation sites excluding steroid dienone is 1. The van der Waals surface area contributed by atoms with Gasteiger partial charge in [-0.05, 0) is 106 Å². The van der Waals surface area contributed by atoms with Crippen molar-refractivity contribution in [1.82, 2.24) is 0 Å². The van der Waals surface area contributed by atoms with E-state index >= 15 is 0 Å². The summed E-state index contributed by atoms with van der Waals surface area (Å²) in [5.41, 5.74) is 1.62. The van der Waals surface area contributed by atoms with Gasteiger partial charge in [0.2, 0.25) is 5.78 Å². The van der Waals surface area contributed by atoms with Crippen LogP contribution in [0.2, 0.25) is 0 Å². The van der Waals surface area contributed by atoms with Crippen LogP contribution in [-0.2, 0) is 0 Å². The van der Waals surface area contributed by atoms with E-state index in [9.17, 15) is 14.7 Å². The highest BCUT2D eigenvalue weighted by atomic mass is 16.5. The quantitative estimate of drug-likeness (QED) is 0.191. The number of hydrogen-bond acceptors (Lipinski definition) is 7. The molecule has 7 heteroatoms. The fourth-order valence-corrected chi connectivity index (χ4v) is 5.06. The van der Waals surface area contributed by atoms with Crippen LogP contribution >= 0.6 is 0 Å². The number of hydrogen-bond donors (Lipinski definition) is 1. The first-order chi connectivity index (χ1) is 19.9. The van der Waals surface area contributed by atoms with E-state index in [0.29, 0.717) is 33.8 Å². The number of fused-ring (bicyclic) bond motifs is 4. The van der Waals surface area contributed by atoms with E-state index in [0.717, 1.165) is 10.9 Å². The molecule has 3 aromatic carbocycles. The molecule has 0 fully saturated rings. The zero-order valence-corrected chi connectivity index (χ0v) is 24.0. The van der Waals surface area contributed by atoms with Crippen LogP contribution in [0.4, 0.5) is 0 Å². The van der Waals surface area contributed by atoms with Crippen LogP contribution in [-0.4, -0.2) is 35.0 Å². The first-order valence-corrected chi connectivity index (χ1v) is 13.6. The number of furan rings is 1. The lowest BCUT2D eigenvalue weighted by molar-refractivity contribution is 0.101. The Labute approximate surface area is 243 Å². The Morgan fingerprint density at radius 3 is 2.21 bits per heavy atom. The van der Waals surface area contributed by atoms with Crippen molar-refractivity contribution in [3.63, 3.8) is 0 Å². The molecule has 6 rings (SSSR count). The van der Waals surface area contributed by atoms with Crippen LogP contribution in [0.5, 0.6) is 23.0 Å². The lowest BCUT2D eigenvalue weighted by atomic mass is 9.90. The minimum atomic E-state index is -0.681. The molecule has 0 spiro atoms. The molecule has 4 aromatic rings. The monoisotopic (exact) mass is 562 g/mol. The van der Waals surface area contributed by atoms with Gasteiger partial charge in [-0.2, -0.15) is 0 Å². The highest BCUT2D eigenvalue weighted by Crippen LogP contribution is 2.50. The molecule has 1 N–H and O–H groups in total. The maximum absolute atomic E-state index is 13.6. The number of ketones is 2. The number of ether oxygens (including phenoxy) is 3. The predicted octanol–water partition coefficient (Wildman–Crippen LogP) is 7.64. The summed E-state index contributed by atoms with van der Waals surface area (Å²) >= 11 is 0. The normalized spacial score (nSPS) is 16.0. The molecule has 0 amide bonds. The number of benzene rings is 3. The Morgan fingerprint density at radius 1 is 0.857 bits per heavy atom. The van der Waals surface area contributed by atoms with Gasteiger partial charge in [0.05, 0.1) is 18.2 Å². The molecule has 0 radical (unpaired) electrons. The maximum Gasteiger partial charge on any atom is 0.228 e. The maximum atomic E-state index is 13.6. The third-order valence-corrected chi connectivity index (χ3v) is 7.28. The first kappa shape index (κ1) is 27.1. The van der Waals surface area contributed by atoms with Gasteiger partial charge in [-0.3, -0.25) is 9.59 Å². The number of phenolic OH excluding ortho intramolecular Hbond substituents is 1. The lowest BCUT2D eigenvalue weighted by Gasteiger charge is -2.35. The molecule has 3 heterocycles. The molecule has 0 saturated carbocycles. The van der Waals surface area contributed by atoms with Crippen molar-refractivity contribution < 1.29 is 33.3 Å². The average Bonchev–Trinajstić information content (AvgIpc) is 3.38. The van der Waals surface area contributed by atoms with Gasteiger partial charge >= 0.3 is 0 Å². The van der Waals surface area contributed by atoms with Crippen molar-refractivity contribution in [2.24, 2.45) is 0 Å². The third kappa shape index (κ3) is 4.87. The van der Waals surface area contributed by atoms with Crippen molar-refractivity contribution in [3.8, 4) is 23.0 Å². The van der Waals surface area contributed by atoms with E-state index in [1.807, 2.05) is 52.0 Å². The Balaban J connectivity index is 1.32. The van der Waals surface area contributed by atoms with Gasteiger partial charge in [0, 0.05) is 10.9 Å². The average molecular weight is 563 g/mol. The zero-order valence-electron chi connectivity index (χ0n) is 24.0. The van der Waals surface area contributed by atoms with Gasteiger partial charge in [-0.15, -0.1) is 0 Å². The highest BCUT2D eigenvalue weighted by Gasteiger charge is 2.36. The molecule has 212 valence electrons. The van der Waals surface area contributed by atoms with Crippen LogP contribution in [0.3, 0.4) is 0 Å². The summed E-state index contributed by atoms with van der Waals surface area (Å²) in [5.74, 6) is 0.782. The molecule has 2 aliphatic heterocycles. The fraction of sp³-hybridized carbons (Fsp3) is 0.200. The van der Waals surface area contributed by atoms with Gasteiger partial charge in [0.15, 0.2) is 11.5 Å². The fourth-order valence-electron chi connectivity index (χ4n) is 5.06.